The van der Waals surface area contributed by atoms with Crippen molar-refractivity contribution in [2.45, 2.75) is 13.2 Å². The van der Waals surface area contributed by atoms with Crippen molar-refractivity contribution in [2.24, 2.45) is 0 Å². The van der Waals surface area contributed by atoms with Crippen molar-refractivity contribution < 1.29 is 14.6 Å². The molecule has 5 rings (SSSR count). The van der Waals surface area contributed by atoms with Gasteiger partial charge in [0.1, 0.15) is 6.54 Å². The maximum Gasteiger partial charge on any atom is 0.244 e. The highest BCUT2D eigenvalue weighted by Gasteiger charge is 2.22. The molecule has 2 aliphatic heterocycles. The molecule has 10 nitrogen and oxygen atoms in total. The lowest BCUT2D eigenvalue weighted by atomic mass is 10.1. The average Bonchev–Trinajstić information content (AvgIpc) is 3.27. The maximum atomic E-state index is 12.9. The topological polar surface area (TPSA) is 109 Å². The third-order valence-corrected chi connectivity index (χ3v) is 5.92. The van der Waals surface area contributed by atoms with E-state index in [1.807, 2.05) is 29.2 Å². The first kappa shape index (κ1) is 20.8. The molecule has 1 aromatic carbocycles. The van der Waals surface area contributed by atoms with E-state index in [0.717, 1.165) is 35.3 Å². The van der Waals surface area contributed by atoms with Crippen LogP contribution in [0.3, 0.4) is 0 Å². The largest absolute Gasteiger partial charge is 0.392 e. The number of benzene rings is 1. The Hall–Kier alpha value is -3.08. The number of aliphatic hydroxyl groups excluding tert-OH is 1. The van der Waals surface area contributed by atoms with Crippen LogP contribution in [0, 0.1) is 0 Å². The molecule has 2 fully saturated rings. The summed E-state index contributed by atoms with van der Waals surface area (Å²) in [7, 11) is 0. The second-order valence-corrected chi connectivity index (χ2v) is 8.00. The molecule has 2 aromatic heterocycles. The number of rotatable bonds is 5. The van der Waals surface area contributed by atoms with Gasteiger partial charge >= 0.3 is 0 Å². The van der Waals surface area contributed by atoms with Crippen molar-refractivity contribution in [3.05, 3.63) is 36.0 Å². The fraction of sp³-hybridized carbons (Fsp3) is 0.455. The molecule has 0 unspecified atom stereocenters. The van der Waals surface area contributed by atoms with E-state index in [1.54, 1.807) is 10.9 Å². The molecule has 1 amide bonds. The molecule has 32 heavy (non-hydrogen) atoms. The highest BCUT2D eigenvalue weighted by molar-refractivity contribution is 5.92. The number of carbonyl (C=O) groups is 1. The fourth-order valence-electron chi connectivity index (χ4n) is 4.14. The first-order valence-electron chi connectivity index (χ1n) is 11.0. The van der Waals surface area contributed by atoms with E-state index in [1.165, 1.54) is 0 Å². The molecular formula is C22H27N7O3. The number of carbonyl (C=O) groups excluding carboxylic acids is 1. The van der Waals surface area contributed by atoms with Crippen LogP contribution in [-0.4, -0.2) is 88.1 Å². The molecule has 0 spiro atoms. The Morgan fingerprint density at radius 1 is 1.12 bits per heavy atom. The summed E-state index contributed by atoms with van der Waals surface area (Å²) in [5, 5.41) is 18.1. The van der Waals surface area contributed by atoms with E-state index in [0.29, 0.717) is 51.0 Å². The molecule has 0 aliphatic carbocycles. The summed E-state index contributed by atoms with van der Waals surface area (Å²) in [6.07, 6.45) is 1.73. The smallest absolute Gasteiger partial charge is 0.244 e. The molecular weight excluding hydrogens is 410 g/mol. The van der Waals surface area contributed by atoms with Gasteiger partial charge in [-0.1, -0.05) is 18.2 Å². The molecule has 10 heteroatoms. The Labute approximate surface area is 185 Å². The number of nitrogens with one attached hydrogen (secondary N) is 1. The van der Waals surface area contributed by atoms with Gasteiger partial charge in [-0.15, -0.1) is 0 Å². The zero-order valence-corrected chi connectivity index (χ0v) is 17.9. The van der Waals surface area contributed by atoms with Gasteiger partial charge in [0.25, 0.3) is 0 Å². The van der Waals surface area contributed by atoms with Crippen LogP contribution in [-0.2, 0) is 22.7 Å². The van der Waals surface area contributed by atoms with Crippen LogP contribution in [0.2, 0.25) is 0 Å². The van der Waals surface area contributed by atoms with Crippen LogP contribution in [0.25, 0.3) is 22.3 Å². The second-order valence-electron chi connectivity index (χ2n) is 8.00. The summed E-state index contributed by atoms with van der Waals surface area (Å²) >= 11 is 0. The predicted octanol–water partition coefficient (Wildman–Crippen LogP) is 0.254. The van der Waals surface area contributed by atoms with Gasteiger partial charge in [-0.3, -0.25) is 4.79 Å². The van der Waals surface area contributed by atoms with Gasteiger partial charge in [0.05, 0.1) is 37.1 Å². The lowest BCUT2D eigenvalue weighted by molar-refractivity contribution is -0.132. The standard InChI is InChI=1S/C22H27N7O3/c30-15-16-2-1-3-17(12-16)20-18-13-24-29(14-19(31)27-6-4-23-5-7-27)21(18)26-22(25-20)28-8-10-32-11-9-28/h1-3,12-13,23,30H,4-11,14-15H2. The summed E-state index contributed by atoms with van der Waals surface area (Å²) < 4.78 is 7.16. The Morgan fingerprint density at radius 2 is 1.94 bits per heavy atom. The van der Waals surface area contributed by atoms with Gasteiger partial charge in [0.15, 0.2) is 5.65 Å². The quantitative estimate of drug-likeness (QED) is 0.585. The molecule has 0 bridgehead atoms. The SMILES string of the molecule is O=C(Cn1ncc2c(-c3cccc(CO)c3)nc(N3CCOCC3)nc21)N1CCNCC1. The Morgan fingerprint density at radius 3 is 2.72 bits per heavy atom. The number of hydrogen-bond donors (Lipinski definition) is 2. The molecule has 0 atom stereocenters. The van der Waals surface area contributed by atoms with E-state index in [9.17, 15) is 9.90 Å². The minimum atomic E-state index is -0.0448. The maximum absolute atomic E-state index is 12.9. The number of aliphatic hydroxyl groups is 1. The number of ether oxygens (including phenoxy) is 1. The third-order valence-electron chi connectivity index (χ3n) is 5.92. The van der Waals surface area contributed by atoms with Crippen LogP contribution < -0.4 is 10.2 Å². The summed E-state index contributed by atoms with van der Waals surface area (Å²) in [6, 6.07) is 7.67. The summed E-state index contributed by atoms with van der Waals surface area (Å²) in [5.74, 6) is 0.633. The van der Waals surface area contributed by atoms with E-state index < -0.39 is 0 Å². The van der Waals surface area contributed by atoms with Gasteiger partial charge in [0, 0.05) is 44.8 Å². The number of amides is 1. The molecule has 168 valence electrons. The average molecular weight is 438 g/mol. The van der Waals surface area contributed by atoms with Gasteiger partial charge < -0.3 is 25.0 Å². The zero-order chi connectivity index (χ0) is 21.9. The van der Waals surface area contributed by atoms with Crippen molar-refractivity contribution in [1.29, 1.82) is 0 Å². The van der Waals surface area contributed by atoms with E-state index in [-0.39, 0.29) is 19.1 Å². The number of nitrogens with zero attached hydrogens (tertiary/aromatic N) is 6. The van der Waals surface area contributed by atoms with Gasteiger partial charge in [-0.05, 0) is 11.6 Å². The van der Waals surface area contributed by atoms with E-state index in [2.05, 4.69) is 15.3 Å². The minimum absolute atomic E-state index is 0.0341. The Kier molecular flexibility index (Phi) is 5.97. The number of morpholine rings is 1. The lowest BCUT2D eigenvalue weighted by Crippen LogP contribution is -2.47. The fourth-order valence-corrected chi connectivity index (χ4v) is 4.14. The minimum Gasteiger partial charge on any atom is -0.392 e. The van der Waals surface area contributed by atoms with Crippen molar-refractivity contribution in [3.8, 4) is 11.3 Å². The molecule has 4 heterocycles. The van der Waals surface area contributed by atoms with Gasteiger partial charge in [0.2, 0.25) is 11.9 Å². The Bertz CT molecular complexity index is 1100. The number of fused-ring (bicyclic) bond motifs is 1. The number of hydrogen-bond acceptors (Lipinski definition) is 8. The molecule has 2 saturated heterocycles. The van der Waals surface area contributed by atoms with Crippen molar-refractivity contribution in [2.75, 3.05) is 57.4 Å². The van der Waals surface area contributed by atoms with E-state index in [4.69, 9.17) is 14.7 Å². The van der Waals surface area contributed by atoms with Crippen LogP contribution in [0.1, 0.15) is 5.56 Å². The summed E-state index contributed by atoms with van der Waals surface area (Å²) in [6.45, 7) is 5.76. The molecule has 0 radical (unpaired) electrons. The number of piperazine rings is 1. The monoisotopic (exact) mass is 437 g/mol. The van der Waals surface area contributed by atoms with E-state index >= 15 is 0 Å². The van der Waals surface area contributed by atoms with Crippen molar-refractivity contribution in [3.63, 3.8) is 0 Å². The first-order valence-corrected chi connectivity index (χ1v) is 11.0. The first-order chi connectivity index (χ1) is 15.7. The zero-order valence-electron chi connectivity index (χ0n) is 17.9. The molecule has 3 aromatic rings. The van der Waals surface area contributed by atoms with Gasteiger partial charge in [-0.2, -0.15) is 10.1 Å². The van der Waals surface area contributed by atoms with Crippen LogP contribution >= 0.6 is 0 Å². The summed E-state index contributed by atoms with van der Waals surface area (Å²) in [5.41, 5.74) is 3.07. The number of anilines is 1. The molecule has 0 saturated carbocycles. The van der Waals surface area contributed by atoms with Crippen LogP contribution in [0.4, 0.5) is 5.95 Å². The summed E-state index contributed by atoms with van der Waals surface area (Å²) in [4.78, 5) is 26.5. The predicted molar refractivity (Wildman–Crippen MR) is 119 cm³/mol. The van der Waals surface area contributed by atoms with Crippen LogP contribution in [0.15, 0.2) is 30.5 Å². The number of aromatic nitrogens is 4. The second kappa shape index (κ2) is 9.19. The van der Waals surface area contributed by atoms with Crippen molar-refractivity contribution >= 4 is 22.9 Å². The highest BCUT2D eigenvalue weighted by atomic mass is 16.5. The highest BCUT2D eigenvalue weighted by Crippen LogP contribution is 2.29. The lowest BCUT2D eigenvalue weighted by Gasteiger charge is -2.28. The van der Waals surface area contributed by atoms with Gasteiger partial charge in [-0.25, -0.2) is 9.67 Å². The Balaban J connectivity index is 1.56. The third kappa shape index (κ3) is 4.16. The normalized spacial score (nSPS) is 17.2. The molecule has 2 aliphatic rings. The van der Waals surface area contributed by atoms with Crippen molar-refractivity contribution in [1.82, 2.24) is 30.0 Å². The van der Waals surface area contributed by atoms with Crippen LogP contribution in [0.5, 0.6) is 0 Å². The molecule has 2 N–H and O–H groups in total.